The molecule has 1 amide bonds. The topological polar surface area (TPSA) is 59.8 Å². The Labute approximate surface area is 173 Å². The molecule has 0 saturated carbocycles. The van der Waals surface area contributed by atoms with Crippen molar-refractivity contribution in [3.63, 3.8) is 0 Å². The van der Waals surface area contributed by atoms with Crippen molar-refractivity contribution in [1.82, 2.24) is 20.1 Å². The van der Waals surface area contributed by atoms with E-state index in [1.807, 2.05) is 17.6 Å². The molecule has 1 unspecified atom stereocenters. The van der Waals surface area contributed by atoms with Crippen LogP contribution in [-0.2, 0) is 16.8 Å². The number of hydrogen-bond acceptors (Lipinski definition) is 4. The summed E-state index contributed by atoms with van der Waals surface area (Å²) in [6, 6.07) is 8.58. The largest absolute Gasteiger partial charge is 0.353 e. The van der Waals surface area contributed by atoms with Gasteiger partial charge in [0.2, 0.25) is 5.91 Å². The number of nitrogens with one attached hydrogen (secondary N) is 1. The highest BCUT2D eigenvalue weighted by Gasteiger charge is 2.18. The molecule has 2 aromatic rings. The first kappa shape index (κ1) is 22.2. The van der Waals surface area contributed by atoms with Gasteiger partial charge in [0.1, 0.15) is 0 Å². The molecule has 0 spiro atoms. The molecule has 0 radical (unpaired) electrons. The molecule has 6 heteroatoms. The van der Waals surface area contributed by atoms with Gasteiger partial charge in [-0.2, -0.15) is 0 Å². The zero-order valence-corrected chi connectivity index (χ0v) is 18.6. The number of aromatic nitrogens is 3. The highest BCUT2D eigenvalue weighted by molar-refractivity contribution is 7.99. The van der Waals surface area contributed by atoms with E-state index in [9.17, 15) is 4.79 Å². The molecule has 152 valence electrons. The third kappa shape index (κ3) is 5.71. The average Bonchev–Trinajstić information content (AvgIpc) is 3.02. The van der Waals surface area contributed by atoms with Crippen molar-refractivity contribution >= 4 is 17.7 Å². The van der Waals surface area contributed by atoms with E-state index in [1.165, 1.54) is 17.3 Å². The number of hydrogen-bond donors (Lipinski definition) is 1. The second-order valence-corrected chi connectivity index (χ2v) is 9.36. The minimum absolute atomic E-state index is 0.00966. The van der Waals surface area contributed by atoms with Crippen LogP contribution in [0, 0.1) is 5.92 Å². The number of benzene rings is 1. The van der Waals surface area contributed by atoms with E-state index < -0.39 is 0 Å². The van der Waals surface area contributed by atoms with E-state index in [1.54, 1.807) is 0 Å². The van der Waals surface area contributed by atoms with Gasteiger partial charge in [-0.3, -0.25) is 9.36 Å². The SMILES string of the molecule is C=CCn1c(SCC(=O)NC(C)C(C)C)nnc1-c1ccc(C(C)(C)C)cc1. The van der Waals surface area contributed by atoms with Gasteiger partial charge in [-0.05, 0) is 23.8 Å². The molecule has 1 aromatic carbocycles. The summed E-state index contributed by atoms with van der Waals surface area (Å²) >= 11 is 1.40. The predicted octanol–water partition coefficient (Wildman–Crippen LogP) is 4.68. The lowest BCUT2D eigenvalue weighted by molar-refractivity contribution is -0.119. The zero-order chi connectivity index (χ0) is 20.9. The van der Waals surface area contributed by atoms with E-state index in [0.717, 1.165) is 16.5 Å². The van der Waals surface area contributed by atoms with Crippen LogP contribution in [0.1, 0.15) is 47.1 Å². The maximum atomic E-state index is 12.2. The van der Waals surface area contributed by atoms with Gasteiger partial charge in [-0.25, -0.2) is 0 Å². The van der Waals surface area contributed by atoms with Gasteiger partial charge < -0.3 is 5.32 Å². The lowest BCUT2D eigenvalue weighted by Crippen LogP contribution is -2.37. The van der Waals surface area contributed by atoms with Crippen LogP contribution in [0.4, 0.5) is 0 Å². The molecule has 2 rings (SSSR count). The molecule has 0 aliphatic heterocycles. The second-order valence-electron chi connectivity index (χ2n) is 8.42. The molecule has 1 aromatic heterocycles. The van der Waals surface area contributed by atoms with Crippen LogP contribution >= 0.6 is 11.8 Å². The Kier molecular flexibility index (Phi) is 7.47. The summed E-state index contributed by atoms with van der Waals surface area (Å²) in [5, 5.41) is 12.4. The molecule has 0 bridgehead atoms. The van der Waals surface area contributed by atoms with Crippen molar-refractivity contribution in [3.8, 4) is 11.4 Å². The summed E-state index contributed by atoms with van der Waals surface area (Å²) in [6.45, 7) is 17.2. The first-order valence-electron chi connectivity index (χ1n) is 9.70. The van der Waals surface area contributed by atoms with Gasteiger partial charge >= 0.3 is 0 Å². The highest BCUT2D eigenvalue weighted by Crippen LogP contribution is 2.27. The average molecular weight is 401 g/mol. The van der Waals surface area contributed by atoms with Crippen molar-refractivity contribution in [3.05, 3.63) is 42.5 Å². The molecule has 0 aliphatic rings. The molecule has 0 aliphatic carbocycles. The van der Waals surface area contributed by atoms with E-state index in [4.69, 9.17) is 0 Å². The first-order chi connectivity index (χ1) is 13.1. The lowest BCUT2D eigenvalue weighted by atomic mass is 9.87. The number of thioether (sulfide) groups is 1. The van der Waals surface area contributed by atoms with Crippen LogP contribution in [0.2, 0.25) is 0 Å². The maximum Gasteiger partial charge on any atom is 0.230 e. The minimum atomic E-state index is 0.00966. The number of allylic oxidation sites excluding steroid dienone is 1. The van der Waals surface area contributed by atoms with Gasteiger partial charge in [-0.15, -0.1) is 16.8 Å². The number of carbonyl (C=O) groups is 1. The summed E-state index contributed by atoms with van der Waals surface area (Å²) < 4.78 is 2.00. The Balaban J connectivity index is 2.17. The van der Waals surface area contributed by atoms with Gasteiger partial charge in [0.15, 0.2) is 11.0 Å². The number of amides is 1. The van der Waals surface area contributed by atoms with Gasteiger partial charge in [0, 0.05) is 18.2 Å². The summed E-state index contributed by atoms with van der Waals surface area (Å²) in [6.07, 6.45) is 1.82. The molecule has 1 atom stereocenters. The highest BCUT2D eigenvalue weighted by atomic mass is 32.2. The normalized spacial score (nSPS) is 12.8. The van der Waals surface area contributed by atoms with Crippen LogP contribution in [0.3, 0.4) is 0 Å². The predicted molar refractivity (Wildman–Crippen MR) is 118 cm³/mol. The van der Waals surface area contributed by atoms with Crippen molar-refractivity contribution in [2.24, 2.45) is 5.92 Å². The Hall–Kier alpha value is -2.08. The van der Waals surface area contributed by atoms with Crippen molar-refractivity contribution in [1.29, 1.82) is 0 Å². The molecule has 28 heavy (non-hydrogen) atoms. The third-order valence-electron chi connectivity index (χ3n) is 4.76. The quantitative estimate of drug-likeness (QED) is 0.516. The maximum absolute atomic E-state index is 12.2. The standard InChI is InChI=1S/C22H32N4OS/c1-8-13-26-20(17-9-11-18(12-10-17)22(5,6)7)24-25-21(26)28-14-19(27)23-16(4)15(2)3/h8-12,15-16H,1,13-14H2,2-7H3,(H,23,27). The molecule has 0 saturated heterocycles. The van der Waals surface area contributed by atoms with E-state index >= 15 is 0 Å². The Morgan fingerprint density at radius 3 is 2.39 bits per heavy atom. The summed E-state index contributed by atoms with van der Waals surface area (Å²) in [5.41, 5.74) is 2.39. The fourth-order valence-corrected chi connectivity index (χ4v) is 3.37. The van der Waals surface area contributed by atoms with Crippen LogP contribution in [0.25, 0.3) is 11.4 Å². The fourth-order valence-electron chi connectivity index (χ4n) is 2.61. The Morgan fingerprint density at radius 1 is 1.21 bits per heavy atom. The van der Waals surface area contributed by atoms with E-state index in [2.05, 4.69) is 81.0 Å². The third-order valence-corrected chi connectivity index (χ3v) is 5.73. The molecular weight excluding hydrogens is 368 g/mol. The van der Waals surface area contributed by atoms with E-state index in [0.29, 0.717) is 18.2 Å². The lowest BCUT2D eigenvalue weighted by Gasteiger charge is -2.19. The summed E-state index contributed by atoms with van der Waals surface area (Å²) in [5.74, 6) is 1.52. The smallest absolute Gasteiger partial charge is 0.230 e. The number of rotatable bonds is 8. The van der Waals surface area contributed by atoms with Crippen LogP contribution in [0.5, 0.6) is 0 Å². The van der Waals surface area contributed by atoms with E-state index in [-0.39, 0.29) is 17.4 Å². The molecule has 0 fully saturated rings. The van der Waals surface area contributed by atoms with Crippen molar-refractivity contribution in [2.75, 3.05) is 5.75 Å². The Morgan fingerprint density at radius 2 is 1.86 bits per heavy atom. The van der Waals surface area contributed by atoms with Crippen LogP contribution < -0.4 is 5.32 Å². The molecule has 1 heterocycles. The van der Waals surface area contributed by atoms with Crippen molar-refractivity contribution < 1.29 is 4.79 Å². The number of nitrogens with zero attached hydrogens (tertiary/aromatic N) is 3. The monoisotopic (exact) mass is 400 g/mol. The fraction of sp³-hybridized carbons (Fsp3) is 0.500. The molecule has 1 N–H and O–H groups in total. The minimum Gasteiger partial charge on any atom is -0.353 e. The van der Waals surface area contributed by atoms with Gasteiger partial charge in [-0.1, -0.05) is 76.7 Å². The zero-order valence-electron chi connectivity index (χ0n) is 17.8. The number of carbonyl (C=O) groups excluding carboxylic acids is 1. The summed E-state index contributed by atoms with van der Waals surface area (Å²) in [7, 11) is 0. The first-order valence-corrected chi connectivity index (χ1v) is 10.7. The van der Waals surface area contributed by atoms with Gasteiger partial charge in [0.05, 0.1) is 5.75 Å². The molecular formula is C22H32N4OS. The van der Waals surface area contributed by atoms with Gasteiger partial charge in [0.25, 0.3) is 0 Å². The summed E-state index contributed by atoms with van der Waals surface area (Å²) in [4.78, 5) is 12.2. The van der Waals surface area contributed by atoms with Crippen molar-refractivity contribution in [2.45, 2.75) is 64.7 Å². The molecule has 5 nitrogen and oxygen atoms in total. The Bertz CT molecular complexity index is 803. The van der Waals surface area contributed by atoms with Crippen LogP contribution in [-0.4, -0.2) is 32.5 Å². The second kappa shape index (κ2) is 9.41. The van der Waals surface area contributed by atoms with Crippen LogP contribution in [0.15, 0.2) is 42.1 Å².